The number of rotatable bonds is 6. The lowest BCUT2D eigenvalue weighted by atomic mass is 10.1. The molecule has 0 bridgehead atoms. The molecule has 2 rings (SSSR count). The minimum atomic E-state index is -0.174. The van der Waals surface area contributed by atoms with Gasteiger partial charge in [0.15, 0.2) is 0 Å². The third-order valence-electron chi connectivity index (χ3n) is 3.24. The Labute approximate surface area is 124 Å². The molecule has 0 radical (unpaired) electrons. The number of hydrogen-bond acceptors (Lipinski definition) is 3. The standard InChI is InChI=1S/C16H22N2OS/c1-11(2)8-18-16(19)12(3)17-9-13-10-20-15-7-5-4-6-14(13)15/h4-7,10-12,17H,8-9H2,1-3H3,(H,18,19). The lowest BCUT2D eigenvalue weighted by molar-refractivity contribution is -0.122. The van der Waals surface area contributed by atoms with Crippen LogP contribution in [0.1, 0.15) is 26.3 Å². The van der Waals surface area contributed by atoms with E-state index in [2.05, 4.69) is 54.1 Å². The molecular formula is C16H22N2OS. The minimum absolute atomic E-state index is 0.0678. The summed E-state index contributed by atoms with van der Waals surface area (Å²) in [5, 5.41) is 9.69. The summed E-state index contributed by atoms with van der Waals surface area (Å²) in [7, 11) is 0. The fraction of sp³-hybridized carbons (Fsp3) is 0.438. The van der Waals surface area contributed by atoms with Crippen molar-refractivity contribution in [2.45, 2.75) is 33.4 Å². The van der Waals surface area contributed by atoms with Crippen LogP contribution in [0.5, 0.6) is 0 Å². The van der Waals surface area contributed by atoms with Crippen molar-refractivity contribution in [1.82, 2.24) is 10.6 Å². The zero-order valence-electron chi connectivity index (χ0n) is 12.3. The quantitative estimate of drug-likeness (QED) is 0.858. The molecule has 1 atom stereocenters. The maximum atomic E-state index is 11.9. The number of nitrogens with one attached hydrogen (secondary N) is 2. The van der Waals surface area contributed by atoms with Crippen molar-refractivity contribution in [3.8, 4) is 0 Å². The number of benzene rings is 1. The van der Waals surface area contributed by atoms with E-state index >= 15 is 0 Å². The van der Waals surface area contributed by atoms with Crippen molar-refractivity contribution in [1.29, 1.82) is 0 Å². The second-order valence-corrected chi connectivity index (χ2v) is 6.41. The third kappa shape index (κ3) is 3.81. The first-order chi connectivity index (χ1) is 9.58. The van der Waals surface area contributed by atoms with Gasteiger partial charge in [-0.3, -0.25) is 4.79 Å². The number of hydrogen-bond donors (Lipinski definition) is 2. The molecule has 0 aliphatic rings. The molecule has 0 spiro atoms. The Morgan fingerprint density at radius 2 is 2.00 bits per heavy atom. The Balaban J connectivity index is 1.90. The van der Waals surface area contributed by atoms with E-state index in [0.717, 1.165) is 13.1 Å². The first kappa shape index (κ1) is 15.0. The summed E-state index contributed by atoms with van der Waals surface area (Å²) >= 11 is 1.75. The molecule has 1 heterocycles. The van der Waals surface area contributed by atoms with Gasteiger partial charge in [-0.1, -0.05) is 32.0 Å². The van der Waals surface area contributed by atoms with E-state index < -0.39 is 0 Å². The number of thiophene rings is 1. The van der Waals surface area contributed by atoms with Gasteiger partial charge in [0, 0.05) is 17.8 Å². The van der Waals surface area contributed by atoms with Gasteiger partial charge in [-0.15, -0.1) is 11.3 Å². The molecule has 0 aliphatic carbocycles. The Hall–Kier alpha value is -1.39. The van der Waals surface area contributed by atoms with Crippen LogP contribution in [0.15, 0.2) is 29.6 Å². The molecule has 0 saturated heterocycles. The molecule has 2 N–H and O–H groups in total. The monoisotopic (exact) mass is 290 g/mol. The van der Waals surface area contributed by atoms with Gasteiger partial charge in [-0.05, 0) is 35.2 Å². The van der Waals surface area contributed by atoms with Gasteiger partial charge in [0.05, 0.1) is 6.04 Å². The molecule has 3 nitrogen and oxygen atoms in total. The van der Waals surface area contributed by atoms with Crippen molar-refractivity contribution in [3.63, 3.8) is 0 Å². The maximum Gasteiger partial charge on any atom is 0.236 e. The summed E-state index contributed by atoms with van der Waals surface area (Å²) in [6.45, 7) is 7.54. The highest BCUT2D eigenvalue weighted by atomic mass is 32.1. The van der Waals surface area contributed by atoms with Gasteiger partial charge in [-0.25, -0.2) is 0 Å². The summed E-state index contributed by atoms with van der Waals surface area (Å²) in [5.41, 5.74) is 1.26. The zero-order valence-corrected chi connectivity index (χ0v) is 13.1. The molecular weight excluding hydrogens is 268 g/mol. The summed E-state index contributed by atoms with van der Waals surface area (Å²) in [5.74, 6) is 0.546. The van der Waals surface area contributed by atoms with Crippen molar-refractivity contribution in [3.05, 3.63) is 35.2 Å². The molecule has 4 heteroatoms. The summed E-state index contributed by atoms with van der Waals surface area (Å²) in [6, 6.07) is 8.19. The Kier molecular flexibility index (Phi) is 5.15. The Morgan fingerprint density at radius 3 is 2.75 bits per heavy atom. The second kappa shape index (κ2) is 6.86. The molecule has 1 aromatic carbocycles. The van der Waals surface area contributed by atoms with Crippen LogP contribution in [0.3, 0.4) is 0 Å². The first-order valence-corrected chi connectivity index (χ1v) is 7.92. The normalized spacial score (nSPS) is 12.8. The van der Waals surface area contributed by atoms with E-state index in [9.17, 15) is 4.79 Å². The average molecular weight is 290 g/mol. The molecule has 0 saturated carbocycles. The highest BCUT2D eigenvalue weighted by Gasteiger charge is 2.13. The van der Waals surface area contributed by atoms with E-state index in [4.69, 9.17) is 0 Å². The van der Waals surface area contributed by atoms with Crippen molar-refractivity contribution in [2.75, 3.05) is 6.54 Å². The largest absolute Gasteiger partial charge is 0.354 e. The smallest absolute Gasteiger partial charge is 0.236 e. The molecule has 108 valence electrons. The van der Waals surface area contributed by atoms with Gasteiger partial charge in [0.1, 0.15) is 0 Å². The van der Waals surface area contributed by atoms with Gasteiger partial charge in [0.2, 0.25) is 5.91 Å². The van der Waals surface area contributed by atoms with Crippen LogP contribution in [0.2, 0.25) is 0 Å². The molecule has 0 aliphatic heterocycles. The van der Waals surface area contributed by atoms with Crippen LogP contribution in [0.25, 0.3) is 10.1 Å². The van der Waals surface area contributed by atoms with Crippen molar-refractivity contribution >= 4 is 27.3 Å². The number of amides is 1. The van der Waals surface area contributed by atoms with Crippen LogP contribution >= 0.6 is 11.3 Å². The SMILES string of the molecule is CC(C)CNC(=O)C(C)NCc1csc2ccccc12. The molecule has 1 amide bonds. The predicted octanol–water partition coefficient (Wildman–Crippen LogP) is 3.15. The van der Waals surface area contributed by atoms with E-state index in [1.165, 1.54) is 15.6 Å². The fourth-order valence-corrected chi connectivity index (χ4v) is 2.95. The summed E-state index contributed by atoms with van der Waals surface area (Å²) in [4.78, 5) is 11.9. The van der Waals surface area contributed by atoms with E-state index in [0.29, 0.717) is 5.92 Å². The van der Waals surface area contributed by atoms with Gasteiger partial charge in [-0.2, -0.15) is 0 Å². The highest BCUT2D eigenvalue weighted by Crippen LogP contribution is 2.25. The van der Waals surface area contributed by atoms with Crippen LogP contribution < -0.4 is 10.6 Å². The lowest BCUT2D eigenvalue weighted by Crippen LogP contribution is -2.42. The average Bonchev–Trinajstić information content (AvgIpc) is 2.85. The van der Waals surface area contributed by atoms with Gasteiger partial charge >= 0.3 is 0 Å². The summed E-state index contributed by atoms with van der Waals surface area (Å²) in [6.07, 6.45) is 0. The molecule has 20 heavy (non-hydrogen) atoms. The third-order valence-corrected chi connectivity index (χ3v) is 4.25. The fourth-order valence-electron chi connectivity index (χ4n) is 1.98. The van der Waals surface area contributed by atoms with Crippen LogP contribution in [-0.4, -0.2) is 18.5 Å². The van der Waals surface area contributed by atoms with E-state index in [1.54, 1.807) is 11.3 Å². The van der Waals surface area contributed by atoms with Gasteiger partial charge < -0.3 is 10.6 Å². The van der Waals surface area contributed by atoms with Gasteiger partial charge in [0.25, 0.3) is 0 Å². The van der Waals surface area contributed by atoms with E-state index in [-0.39, 0.29) is 11.9 Å². The molecule has 2 aromatic rings. The van der Waals surface area contributed by atoms with Crippen molar-refractivity contribution in [2.24, 2.45) is 5.92 Å². The van der Waals surface area contributed by atoms with Crippen LogP contribution in [0, 0.1) is 5.92 Å². The first-order valence-electron chi connectivity index (χ1n) is 7.04. The predicted molar refractivity (Wildman–Crippen MR) is 86.0 cm³/mol. The number of carbonyl (C=O) groups is 1. The summed E-state index contributed by atoms with van der Waals surface area (Å²) < 4.78 is 1.29. The van der Waals surface area contributed by atoms with E-state index in [1.807, 2.05) is 6.92 Å². The van der Waals surface area contributed by atoms with Crippen molar-refractivity contribution < 1.29 is 4.79 Å². The lowest BCUT2D eigenvalue weighted by Gasteiger charge is -2.15. The number of carbonyl (C=O) groups excluding carboxylic acids is 1. The molecule has 1 unspecified atom stereocenters. The topological polar surface area (TPSA) is 41.1 Å². The molecule has 1 aromatic heterocycles. The maximum absolute atomic E-state index is 11.9. The zero-order chi connectivity index (χ0) is 14.5. The second-order valence-electron chi connectivity index (χ2n) is 5.50. The number of fused-ring (bicyclic) bond motifs is 1. The molecule has 0 fully saturated rings. The van der Waals surface area contributed by atoms with Crippen LogP contribution in [-0.2, 0) is 11.3 Å². The Bertz CT molecular complexity index is 577. The highest BCUT2D eigenvalue weighted by molar-refractivity contribution is 7.17. The van der Waals surface area contributed by atoms with Crippen LogP contribution in [0.4, 0.5) is 0 Å². The minimum Gasteiger partial charge on any atom is -0.354 e. The Morgan fingerprint density at radius 1 is 1.25 bits per heavy atom.